The Hall–Kier alpha value is -2.19. The van der Waals surface area contributed by atoms with E-state index in [0.29, 0.717) is 21.8 Å². The second-order valence-electron chi connectivity index (χ2n) is 6.09. The van der Waals surface area contributed by atoms with E-state index in [4.69, 9.17) is 26.5 Å². The number of nitrogens with zero attached hydrogens (tertiary/aromatic N) is 1. The lowest BCUT2D eigenvalue weighted by molar-refractivity contribution is -0.122. The van der Waals surface area contributed by atoms with E-state index >= 15 is 0 Å². The number of allylic oxidation sites excluding steroid dienone is 2. The zero-order valence-corrected chi connectivity index (χ0v) is 17.0. The van der Waals surface area contributed by atoms with Gasteiger partial charge in [-0.3, -0.25) is 4.79 Å². The number of benzene rings is 1. The van der Waals surface area contributed by atoms with Crippen LogP contribution in [0.2, 0.25) is 5.02 Å². The molecule has 2 N–H and O–H groups in total. The second kappa shape index (κ2) is 8.45. The van der Waals surface area contributed by atoms with Crippen molar-refractivity contribution in [3.05, 3.63) is 63.6 Å². The van der Waals surface area contributed by atoms with Crippen LogP contribution in [0.25, 0.3) is 11.3 Å². The van der Waals surface area contributed by atoms with Crippen molar-refractivity contribution in [2.75, 3.05) is 0 Å². The first-order valence-corrected chi connectivity index (χ1v) is 9.59. The van der Waals surface area contributed by atoms with Crippen LogP contribution in [0.5, 0.6) is 0 Å². The molecular formula is C19H16BrClF2N2O3. The highest BCUT2D eigenvalue weighted by molar-refractivity contribution is 9.10. The van der Waals surface area contributed by atoms with Gasteiger partial charge in [-0.1, -0.05) is 30.7 Å². The average molecular weight is 474 g/mol. The number of nitrogens with two attached hydrogens (primary N) is 1. The van der Waals surface area contributed by atoms with Crippen LogP contribution in [-0.4, -0.2) is 17.1 Å². The lowest BCUT2D eigenvalue weighted by Crippen LogP contribution is -2.33. The molecule has 0 spiro atoms. The average Bonchev–Trinajstić information content (AvgIpc) is 3.03. The van der Waals surface area contributed by atoms with Crippen LogP contribution < -0.4 is 5.73 Å². The molecule has 28 heavy (non-hydrogen) atoms. The first-order valence-electron chi connectivity index (χ1n) is 8.41. The van der Waals surface area contributed by atoms with E-state index in [0.717, 1.165) is 17.7 Å². The zero-order valence-electron chi connectivity index (χ0n) is 14.7. The van der Waals surface area contributed by atoms with Gasteiger partial charge < -0.3 is 14.9 Å². The number of primary amides is 1. The van der Waals surface area contributed by atoms with Gasteiger partial charge in [0.05, 0.1) is 0 Å². The number of alkyl halides is 1. The van der Waals surface area contributed by atoms with Crippen LogP contribution in [0.15, 0.2) is 57.1 Å². The van der Waals surface area contributed by atoms with E-state index in [1.165, 1.54) is 0 Å². The van der Waals surface area contributed by atoms with Crippen molar-refractivity contribution in [1.29, 1.82) is 0 Å². The number of oxazole rings is 1. The molecule has 3 atom stereocenters. The summed E-state index contributed by atoms with van der Waals surface area (Å²) in [6, 6.07) is 6.99. The summed E-state index contributed by atoms with van der Waals surface area (Å²) in [6.07, 6.45) is -0.0340. The van der Waals surface area contributed by atoms with Gasteiger partial charge in [0.2, 0.25) is 11.8 Å². The fourth-order valence-electron chi connectivity index (χ4n) is 2.74. The molecule has 1 aromatic heterocycles. The van der Waals surface area contributed by atoms with Crippen molar-refractivity contribution in [1.82, 2.24) is 4.98 Å². The van der Waals surface area contributed by atoms with Gasteiger partial charge in [-0.2, -0.15) is 0 Å². The molecule has 1 aliphatic rings. The van der Waals surface area contributed by atoms with Gasteiger partial charge in [-0.25, -0.2) is 13.8 Å². The summed E-state index contributed by atoms with van der Waals surface area (Å²) >= 11 is 9.22. The molecule has 2 aromatic rings. The molecular weight excluding hydrogens is 458 g/mol. The largest absolute Gasteiger partial charge is 0.478 e. The zero-order chi connectivity index (χ0) is 20.4. The van der Waals surface area contributed by atoms with Crippen molar-refractivity contribution in [3.8, 4) is 11.3 Å². The third-order valence-corrected chi connectivity index (χ3v) is 4.99. The number of amides is 1. The molecule has 0 fully saturated rings. The summed E-state index contributed by atoms with van der Waals surface area (Å²) in [5.41, 5.74) is 6.38. The van der Waals surface area contributed by atoms with Crippen LogP contribution >= 0.6 is 27.5 Å². The predicted molar refractivity (Wildman–Crippen MR) is 104 cm³/mol. The number of hydrogen-bond acceptors (Lipinski definition) is 4. The summed E-state index contributed by atoms with van der Waals surface area (Å²) in [4.78, 5) is 15.8. The van der Waals surface area contributed by atoms with E-state index in [-0.39, 0.29) is 11.6 Å². The number of carbonyl (C=O) groups excluding carboxylic acids is 1. The Kier molecular flexibility index (Phi) is 6.20. The molecule has 9 heteroatoms. The third-order valence-electron chi connectivity index (χ3n) is 4.20. The molecule has 0 saturated carbocycles. The third kappa shape index (κ3) is 4.12. The number of carbonyl (C=O) groups is 1. The number of aromatic nitrogens is 1. The topological polar surface area (TPSA) is 78.4 Å². The van der Waals surface area contributed by atoms with Crippen LogP contribution in [0, 0.1) is 5.92 Å². The molecule has 5 nitrogen and oxygen atoms in total. The SMILES string of the molecule is CCC(OC1=C(F)C(C(N)=O)C(F)C=C1)c1nc(-c2ccc(Cl)cc2)c(Br)o1. The molecule has 0 radical (unpaired) electrons. The lowest BCUT2D eigenvalue weighted by atomic mass is 9.96. The van der Waals surface area contributed by atoms with E-state index in [2.05, 4.69) is 20.9 Å². The normalized spacial score (nSPS) is 20.3. The first kappa shape index (κ1) is 20.5. The highest BCUT2D eigenvalue weighted by Gasteiger charge is 2.36. The molecule has 148 valence electrons. The Balaban J connectivity index is 1.88. The molecule has 1 amide bonds. The maximum Gasteiger partial charge on any atom is 0.237 e. The predicted octanol–water partition coefficient (Wildman–Crippen LogP) is 5.42. The lowest BCUT2D eigenvalue weighted by Gasteiger charge is -2.22. The Morgan fingerprint density at radius 1 is 1.43 bits per heavy atom. The van der Waals surface area contributed by atoms with Gasteiger partial charge in [0.1, 0.15) is 17.8 Å². The van der Waals surface area contributed by atoms with Crippen molar-refractivity contribution < 1.29 is 22.7 Å². The van der Waals surface area contributed by atoms with Crippen molar-refractivity contribution in [3.63, 3.8) is 0 Å². The van der Waals surface area contributed by atoms with Crippen molar-refractivity contribution in [2.45, 2.75) is 25.6 Å². The van der Waals surface area contributed by atoms with Gasteiger partial charge in [0.25, 0.3) is 0 Å². The van der Waals surface area contributed by atoms with Crippen molar-refractivity contribution in [2.24, 2.45) is 11.7 Å². The van der Waals surface area contributed by atoms with Gasteiger partial charge in [0, 0.05) is 10.6 Å². The molecule has 1 heterocycles. The summed E-state index contributed by atoms with van der Waals surface area (Å²) in [5.74, 6) is -3.94. The van der Waals surface area contributed by atoms with Crippen LogP contribution in [0.4, 0.5) is 8.78 Å². The van der Waals surface area contributed by atoms with Crippen LogP contribution in [-0.2, 0) is 9.53 Å². The molecule has 3 unspecified atom stereocenters. The fraction of sp³-hybridized carbons (Fsp3) is 0.263. The highest BCUT2D eigenvalue weighted by Crippen LogP contribution is 2.36. The van der Waals surface area contributed by atoms with Crippen LogP contribution in [0.1, 0.15) is 25.3 Å². The maximum atomic E-state index is 14.5. The Labute approximate surface area is 173 Å². The Morgan fingerprint density at radius 2 is 2.11 bits per heavy atom. The second-order valence-corrected chi connectivity index (χ2v) is 7.25. The van der Waals surface area contributed by atoms with Gasteiger partial charge in [-0.15, -0.1) is 0 Å². The minimum atomic E-state index is -1.84. The summed E-state index contributed by atoms with van der Waals surface area (Å²) in [5, 5.41) is 0.583. The minimum absolute atomic E-state index is 0.200. The Morgan fingerprint density at radius 3 is 2.71 bits per heavy atom. The van der Waals surface area contributed by atoms with Gasteiger partial charge in [-0.05, 0) is 46.6 Å². The number of ether oxygens (including phenoxy) is 1. The molecule has 0 aliphatic heterocycles. The molecule has 1 aliphatic carbocycles. The molecule has 0 saturated heterocycles. The van der Waals surface area contributed by atoms with Gasteiger partial charge in [0.15, 0.2) is 22.4 Å². The van der Waals surface area contributed by atoms with E-state index in [1.807, 2.05) is 0 Å². The van der Waals surface area contributed by atoms with Crippen LogP contribution in [0.3, 0.4) is 0 Å². The minimum Gasteiger partial charge on any atom is -0.478 e. The molecule has 0 bridgehead atoms. The van der Waals surface area contributed by atoms with Crippen molar-refractivity contribution >= 4 is 33.4 Å². The summed E-state index contributed by atoms with van der Waals surface area (Å²) in [7, 11) is 0. The van der Waals surface area contributed by atoms with E-state index in [9.17, 15) is 13.6 Å². The monoisotopic (exact) mass is 472 g/mol. The maximum absolute atomic E-state index is 14.5. The molecule has 3 rings (SSSR count). The number of halogens is 4. The fourth-order valence-corrected chi connectivity index (χ4v) is 3.35. The number of hydrogen-bond donors (Lipinski definition) is 1. The first-order chi connectivity index (χ1) is 13.3. The number of rotatable bonds is 6. The van der Waals surface area contributed by atoms with E-state index < -0.39 is 29.9 Å². The summed E-state index contributed by atoms with van der Waals surface area (Å²) < 4.78 is 39.9. The Bertz CT molecular complexity index is 943. The molecule has 1 aromatic carbocycles. The van der Waals surface area contributed by atoms with Gasteiger partial charge >= 0.3 is 0 Å². The quantitative estimate of drug-likeness (QED) is 0.608. The standard InChI is InChI=1S/C19H16BrClF2N2O3/c1-2-12(27-13-8-7-11(22)14(15(13)23)18(24)26)19-25-16(17(20)28-19)9-3-5-10(21)6-4-9/h3-8,11-12,14H,2H2,1H3,(H2,24,26). The summed E-state index contributed by atoms with van der Waals surface area (Å²) in [6.45, 7) is 1.79. The van der Waals surface area contributed by atoms with E-state index in [1.54, 1.807) is 31.2 Å². The smallest absolute Gasteiger partial charge is 0.237 e. The highest BCUT2D eigenvalue weighted by atomic mass is 79.9.